The molecule has 0 spiro atoms. The van der Waals surface area contributed by atoms with E-state index in [-0.39, 0.29) is 29.5 Å². The Balaban J connectivity index is -0.0000000800. The minimum Gasteiger partial charge on any atom is -0.264 e. The summed E-state index contributed by atoms with van der Waals surface area (Å²) in [5, 5.41) is 0. The first-order valence-corrected chi connectivity index (χ1v) is 2.10. The average Bonchev–Trinajstić information content (AvgIpc) is 0.722. The number of rotatable bonds is 0. The average molecular weight is 190 g/mol. The molecular formula is H3ClFeO4S. The molecule has 0 aliphatic heterocycles. The topological polar surface area (TPSA) is 74.6 Å². The van der Waals surface area contributed by atoms with Crippen molar-refractivity contribution < 1.29 is 34.6 Å². The summed E-state index contributed by atoms with van der Waals surface area (Å²) in [6.07, 6.45) is 0. The second-order valence-corrected chi connectivity index (χ2v) is 1.34. The van der Waals surface area contributed by atoms with E-state index in [0.717, 1.165) is 0 Å². The van der Waals surface area contributed by atoms with Crippen LogP contribution >= 0.6 is 12.4 Å². The molecule has 48 valence electrons. The minimum absolute atomic E-state index is 0. The first kappa shape index (κ1) is 15.6. The van der Waals surface area contributed by atoms with Crippen molar-refractivity contribution >= 4 is 22.8 Å². The Hall–Kier alpha value is 0.679. The number of halogens is 1. The van der Waals surface area contributed by atoms with Gasteiger partial charge in [0.25, 0.3) is 0 Å². The van der Waals surface area contributed by atoms with Crippen LogP contribution in [0.15, 0.2) is 0 Å². The van der Waals surface area contributed by atoms with E-state index in [9.17, 15) is 0 Å². The van der Waals surface area contributed by atoms with Crippen LogP contribution in [-0.4, -0.2) is 17.5 Å². The van der Waals surface area contributed by atoms with Crippen molar-refractivity contribution in [3.63, 3.8) is 0 Å². The van der Waals surface area contributed by atoms with Gasteiger partial charge in [-0.3, -0.25) is 9.11 Å². The quantitative estimate of drug-likeness (QED) is 0.409. The molecule has 0 amide bonds. The van der Waals surface area contributed by atoms with Crippen molar-refractivity contribution in [3.8, 4) is 0 Å². The molecule has 0 atom stereocenters. The minimum atomic E-state index is -4.67. The summed E-state index contributed by atoms with van der Waals surface area (Å²) < 4.78 is 31.6. The first-order chi connectivity index (χ1) is 2.00. The molecule has 0 heterocycles. The third kappa shape index (κ3) is 317. The van der Waals surface area contributed by atoms with E-state index in [2.05, 4.69) is 0 Å². The van der Waals surface area contributed by atoms with Crippen molar-refractivity contribution in [2.24, 2.45) is 0 Å². The van der Waals surface area contributed by atoms with Crippen LogP contribution in [0.2, 0.25) is 0 Å². The molecule has 0 rings (SSSR count). The van der Waals surface area contributed by atoms with Gasteiger partial charge in [0.05, 0.1) is 0 Å². The molecule has 7 heavy (non-hydrogen) atoms. The molecule has 0 radical (unpaired) electrons. The number of hydrogen-bond donors (Lipinski definition) is 2. The molecule has 0 aromatic heterocycles. The SMILES string of the molecule is Cl.O=S(=O)(O)O.[Fe]. The Morgan fingerprint density at radius 2 is 1.14 bits per heavy atom. The zero-order valence-electron chi connectivity index (χ0n) is 2.88. The van der Waals surface area contributed by atoms with Crippen molar-refractivity contribution in [2.75, 3.05) is 0 Å². The van der Waals surface area contributed by atoms with Crippen LogP contribution in [0.25, 0.3) is 0 Å². The third-order valence-electron chi connectivity index (χ3n) is 0. The molecule has 0 aromatic rings. The van der Waals surface area contributed by atoms with Gasteiger partial charge in [-0.2, -0.15) is 8.42 Å². The van der Waals surface area contributed by atoms with E-state index < -0.39 is 10.4 Å². The Morgan fingerprint density at radius 3 is 1.14 bits per heavy atom. The molecule has 0 saturated heterocycles. The van der Waals surface area contributed by atoms with Crippen LogP contribution in [0.4, 0.5) is 0 Å². The van der Waals surface area contributed by atoms with E-state index in [1.807, 2.05) is 0 Å². The maximum Gasteiger partial charge on any atom is 0.394 e. The van der Waals surface area contributed by atoms with E-state index in [1.165, 1.54) is 0 Å². The molecule has 2 N–H and O–H groups in total. The van der Waals surface area contributed by atoms with Gasteiger partial charge in [-0.1, -0.05) is 0 Å². The van der Waals surface area contributed by atoms with Crippen LogP contribution in [-0.2, 0) is 27.5 Å². The fourth-order valence-corrected chi connectivity index (χ4v) is 0. The van der Waals surface area contributed by atoms with Gasteiger partial charge in [0.15, 0.2) is 0 Å². The maximum atomic E-state index is 8.74. The summed E-state index contributed by atoms with van der Waals surface area (Å²) in [7, 11) is -4.67. The molecule has 0 unspecified atom stereocenters. The van der Waals surface area contributed by atoms with Gasteiger partial charge >= 0.3 is 10.4 Å². The van der Waals surface area contributed by atoms with E-state index in [4.69, 9.17) is 17.5 Å². The van der Waals surface area contributed by atoms with Gasteiger partial charge < -0.3 is 0 Å². The Bertz CT molecular complexity index is 94.9. The van der Waals surface area contributed by atoms with Gasteiger partial charge in [-0.25, -0.2) is 0 Å². The molecule has 0 bridgehead atoms. The molecule has 0 aliphatic carbocycles. The fourth-order valence-electron chi connectivity index (χ4n) is 0. The Labute approximate surface area is 57.8 Å². The Morgan fingerprint density at radius 1 is 1.14 bits per heavy atom. The van der Waals surface area contributed by atoms with Crippen LogP contribution < -0.4 is 0 Å². The fraction of sp³-hybridized carbons (Fsp3) is 0. The van der Waals surface area contributed by atoms with Crippen LogP contribution in [0.5, 0.6) is 0 Å². The van der Waals surface area contributed by atoms with Gasteiger partial charge in [-0.05, 0) is 0 Å². The van der Waals surface area contributed by atoms with Crippen molar-refractivity contribution in [3.05, 3.63) is 0 Å². The zero-order chi connectivity index (χ0) is 4.50. The largest absolute Gasteiger partial charge is 0.394 e. The molecule has 0 aromatic carbocycles. The normalized spacial score (nSPS) is 8.29. The molecule has 4 nitrogen and oxygen atoms in total. The smallest absolute Gasteiger partial charge is 0.264 e. The number of hydrogen-bond acceptors (Lipinski definition) is 2. The molecule has 0 aliphatic rings. The van der Waals surface area contributed by atoms with E-state index in [1.54, 1.807) is 0 Å². The summed E-state index contributed by atoms with van der Waals surface area (Å²) in [4.78, 5) is 0. The van der Waals surface area contributed by atoms with Gasteiger partial charge in [0.1, 0.15) is 0 Å². The summed E-state index contributed by atoms with van der Waals surface area (Å²) in [5.41, 5.74) is 0. The first-order valence-electron chi connectivity index (χ1n) is 0.698. The second kappa shape index (κ2) is 4.83. The second-order valence-electron chi connectivity index (χ2n) is 0.448. The molecule has 0 saturated carbocycles. The van der Waals surface area contributed by atoms with Crippen molar-refractivity contribution in [1.29, 1.82) is 0 Å². The van der Waals surface area contributed by atoms with Crippen LogP contribution in [0.1, 0.15) is 0 Å². The molecule has 7 heteroatoms. The monoisotopic (exact) mass is 190 g/mol. The maximum absolute atomic E-state index is 8.74. The third-order valence-corrected chi connectivity index (χ3v) is 0. The Kier molecular flexibility index (Phi) is 10.8. The predicted molar refractivity (Wildman–Crippen MR) is 21.4 cm³/mol. The molecule has 0 fully saturated rings. The van der Waals surface area contributed by atoms with Gasteiger partial charge in [0, 0.05) is 17.1 Å². The summed E-state index contributed by atoms with van der Waals surface area (Å²) in [6, 6.07) is 0. The van der Waals surface area contributed by atoms with E-state index >= 15 is 0 Å². The van der Waals surface area contributed by atoms with E-state index in [0.29, 0.717) is 0 Å². The standard InChI is InChI=1S/ClH.Fe.H2O4S/c;;1-5(2,3)4/h1H;;(H2,1,2,3,4). The van der Waals surface area contributed by atoms with Crippen LogP contribution in [0.3, 0.4) is 0 Å². The predicted octanol–water partition coefficient (Wildman–Crippen LogP) is -0.233. The summed E-state index contributed by atoms with van der Waals surface area (Å²) in [5.74, 6) is 0. The van der Waals surface area contributed by atoms with Crippen molar-refractivity contribution in [1.82, 2.24) is 0 Å². The molecular weight excluding hydrogens is 187 g/mol. The zero-order valence-corrected chi connectivity index (χ0v) is 5.62. The van der Waals surface area contributed by atoms with Crippen LogP contribution in [0, 0.1) is 0 Å². The van der Waals surface area contributed by atoms with Gasteiger partial charge in [-0.15, -0.1) is 12.4 Å². The summed E-state index contributed by atoms with van der Waals surface area (Å²) >= 11 is 0. The van der Waals surface area contributed by atoms with Gasteiger partial charge in [0.2, 0.25) is 0 Å². The summed E-state index contributed by atoms with van der Waals surface area (Å²) in [6.45, 7) is 0. The van der Waals surface area contributed by atoms with Crippen molar-refractivity contribution in [2.45, 2.75) is 0 Å².